The van der Waals surface area contributed by atoms with E-state index in [1.54, 1.807) is 18.4 Å². The minimum absolute atomic E-state index is 0.111. The zero-order chi connectivity index (χ0) is 14.4. The molecule has 2 aromatic rings. The van der Waals surface area contributed by atoms with Crippen molar-refractivity contribution in [2.45, 2.75) is 32.2 Å². The van der Waals surface area contributed by atoms with Crippen LogP contribution in [-0.2, 0) is 11.3 Å². The van der Waals surface area contributed by atoms with E-state index in [0.717, 1.165) is 11.1 Å². The van der Waals surface area contributed by atoms with Crippen molar-refractivity contribution in [3.8, 4) is 0 Å². The van der Waals surface area contributed by atoms with Crippen LogP contribution in [0.3, 0.4) is 0 Å². The van der Waals surface area contributed by atoms with E-state index in [-0.39, 0.29) is 6.10 Å². The second-order valence-electron chi connectivity index (χ2n) is 4.83. The number of hydrogen-bond donors (Lipinski definition) is 1. The van der Waals surface area contributed by atoms with Crippen LogP contribution in [0.4, 0.5) is 0 Å². The van der Waals surface area contributed by atoms with Gasteiger partial charge in [-0.1, -0.05) is 36.9 Å². The van der Waals surface area contributed by atoms with Gasteiger partial charge < -0.3 is 14.3 Å². The normalized spacial score (nSPS) is 13.9. The second-order valence-corrected chi connectivity index (χ2v) is 4.83. The first-order valence-electron chi connectivity index (χ1n) is 6.71. The van der Waals surface area contributed by atoms with Crippen molar-refractivity contribution in [1.29, 1.82) is 0 Å². The molecule has 3 nitrogen and oxygen atoms in total. The average molecular weight is 272 g/mol. The number of benzene rings is 1. The van der Waals surface area contributed by atoms with Crippen molar-refractivity contribution in [2.24, 2.45) is 0 Å². The largest absolute Gasteiger partial charge is 0.467 e. The van der Waals surface area contributed by atoms with Gasteiger partial charge in [0.25, 0.3) is 0 Å². The summed E-state index contributed by atoms with van der Waals surface area (Å²) < 4.78 is 10.9. The third kappa shape index (κ3) is 4.08. The van der Waals surface area contributed by atoms with E-state index >= 15 is 0 Å². The van der Waals surface area contributed by atoms with Crippen molar-refractivity contribution in [3.63, 3.8) is 0 Å². The fourth-order valence-corrected chi connectivity index (χ4v) is 1.91. The Hall–Kier alpha value is -1.84. The SMILES string of the molecule is C=C(C[C@@H](O)c1ccco1)[C@H](C)OCc1ccccc1. The van der Waals surface area contributed by atoms with Gasteiger partial charge in [0.05, 0.1) is 19.0 Å². The number of furan rings is 1. The summed E-state index contributed by atoms with van der Waals surface area (Å²) in [5.41, 5.74) is 1.98. The van der Waals surface area contributed by atoms with Gasteiger partial charge in [-0.25, -0.2) is 0 Å². The van der Waals surface area contributed by atoms with E-state index in [1.165, 1.54) is 0 Å². The van der Waals surface area contributed by atoms with E-state index in [4.69, 9.17) is 9.15 Å². The van der Waals surface area contributed by atoms with Crippen LogP contribution in [0.15, 0.2) is 65.3 Å². The van der Waals surface area contributed by atoms with Crippen molar-refractivity contribution >= 4 is 0 Å². The maximum Gasteiger partial charge on any atom is 0.132 e. The predicted molar refractivity (Wildman–Crippen MR) is 78.1 cm³/mol. The minimum Gasteiger partial charge on any atom is -0.467 e. The predicted octanol–water partition coefficient (Wildman–Crippen LogP) is 3.86. The summed E-state index contributed by atoms with van der Waals surface area (Å²) in [4.78, 5) is 0. The summed E-state index contributed by atoms with van der Waals surface area (Å²) in [7, 11) is 0. The maximum atomic E-state index is 10.0. The highest BCUT2D eigenvalue weighted by molar-refractivity contribution is 5.14. The molecule has 0 saturated heterocycles. The average Bonchev–Trinajstić information content (AvgIpc) is 3.00. The van der Waals surface area contributed by atoms with E-state index in [1.807, 2.05) is 37.3 Å². The molecule has 0 saturated carbocycles. The van der Waals surface area contributed by atoms with Gasteiger partial charge in [-0.15, -0.1) is 0 Å². The van der Waals surface area contributed by atoms with E-state index < -0.39 is 6.10 Å². The molecule has 0 fully saturated rings. The third-order valence-electron chi connectivity index (χ3n) is 3.24. The van der Waals surface area contributed by atoms with Crippen LogP contribution in [0.2, 0.25) is 0 Å². The summed E-state index contributed by atoms with van der Waals surface area (Å²) in [6.45, 7) is 6.47. The zero-order valence-electron chi connectivity index (χ0n) is 11.7. The topological polar surface area (TPSA) is 42.6 Å². The molecule has 1 aromatic heterocycles. The van der Waals surface area contributed by atoms with Crippen molar-refractivity contribution in [1.82, 2.24) is 0 Å². The van der Waals surface area contributed by atoms with Crippen LogP contribution in [0.25, 0.3) is 0 Å². The summed E-state index contributed by atoms with van der Waals surface area (Å²) in [6.07, 6.45) is 1.21. The first-order valence-corrected chi connectivity index (χ1v) is 6.71. The van der Waals surface area contributed by atoms with E-state index in [0.29, 0.717) is 18.8 Å². The Morgan fingerprint density at radius 2 is 2.00 bits per heavy atom. The lowest BCUT2D eigenvalue weighted by molar-refractivity contribution is 0.0658. The third-order valence-corrected chi connectivity index (χ3v) is 3.24. The number of aliphatic hydroxyl groups excluding tert-OH is 1. The lowest BCUT2D eigenvalue weighted by atomic mass is 10.0. The van der Waals surface area contributed by atoms with Crippen LogP contribution in [0.1, 0.15) is 30.8 Å². The monoisotopic (exact) mass is 272 g/mol. The molecule has 2 atom stereocenters. The van der Waals surface area contributed by atoms with Crippen LogP contribution in [-0.4, -0.2) is 11.2 Å². The Balaban J connectivity index is 1.80. The molecule has 1 heterocycles. The molecular weight excluding hydrogens is 252 g/mol. The lowest BCUT2D eigenvalue weighted by Gasteiger charge is -2.18. The molecule has 0 amide bonds. The standard InChI is InChI=1S/C17H20O3/c1-13(11-16(18)17-9-6-10-19-17)14(2)20-12-15-7-4-3-5-8-15/h3-10,14,16,18H,1,11-12H2,2H3/t14-,16+/m0/s1. The Morgan fingerprint density at radius 3 is 2.65 bits per heavy atom. The van der Waals surface area contributed by atoms with Gasteiger partial charge in [0.2, 0.25) is 0 Å². The molecule has 1 N–H and O–H groups in total. The highest BCUT2D eigenvalue weighted by atomic mass is 16.5. The molecule has 0 bridgehead atoms. The fraction of sp³-hybridized carbons (Fsp3) is 0.294. The molecule has 20 heavy (non-hydrogen) atoms. The smallest absolute Gasteiger partial charge is 0.132 e. The van der Waals surface area contributed by atoms with Crippen molar-refractivity contribution < 1.29 is 14.3 Å². The van der Waals surface area contributed by atoms with Gasteiger partial charge in [-0.05, 0) is 30.2 Å². The number of aliphatic hydroxyl groups is 1. The Bertz CT molecular complexity index is 516. The van der Waals surface area contributed by atoms with Crippen LogP contribution >= 0.6 is 0 Å². The summed E-state index contributed by atoms with van der Waals surface area (Å²) in [6, 6.07) is 13.5. The molecule has 0 unspecified atom stereocenters. The Kier molecular flexibility index (Phi) is 5.16. The molecule has 0 aliphatic rings. The Morgan fingerprint density at radius 1 is 1.25 bits per heavy atom. The van der Waals surface area contributed by atoms with Gasteiger partial charge in [0, 0.05) is 6.42 Å². The van der Waals surface area contributed by atoms with Gasteiger partial charge in [-0.3, -0.25) is 0 Å². The second kappa shape index (κ2) is 7.08. The van der Waals surface area contributed by atoms with Crippen molar-refractivity contribution in [2.75, 3.05) is 0 Å². The molecule has 106 valence electrons. The molecule has 0 aliphatic carbocycles. The van der Waals surface area contributed by atoms with Gasteiger partial charge in [0.1, 0.15) is 11.9 Å². The van der Waals surface area contributed by atoms with Crippen LogP contribution < -0.4 is 0 Å². The van der Waals surface area contributed by atoms with E-state index in [9.17, 15) is 5.11 Å². The quantitative estimate of drug-likeness (QED) is 0.778. The molecule has 3 heteroatoms. The molecule has 0 radical (unpaired) electrons. The van der Waals surface area contributed by atoms with Crippen LogP contribution in [0.5, 0.6) is 0 Å². The Labute approximate surface area is 119 Å². The van der Waals surface area contributed by atoms with Gasteiger partial charge in [-0.2, -0.15) is 0 Å². The number of ether oxygens (including phenoxy) is 1. The first-order chi connectivity index (χ1) is 9.66. The molecule has 2 rings (SSSR count). The molecule has 0 spiro atoms. The maximum absolute atomic E-state index is 10.0. The highest BCUT2D eigenvalue weighted by Crippen LogP contribution is 2.23. The van der Waals surface area contributed by atoms with Gasteiger partial charge >= 0.3 is 0 Å². The van der Waals surface area contributed by atoms with Gasteiger partial charge in [0.15, 0.2) is 0 Å². The molecule has 1 aromatic carbocycles. The summed E-state index contributed by atoms with van der Waals surface area (Å²) >= 11 is 0. The number of hydrogen-bond acceptors (Lipinski definition) is 3. The molecule has 0 aliphatic heterocycles. The van der Waals surface area contributed by atoms with Crippen molar-refractivity contribution in [3.05, 3.63) is 72.2 Å². The first kappa shape index (κ1) is 14.6. The fourth-order valence-electron chi connectivity index (χ4n) is 1.91. The minimum atomic E-state index is -0.666. The lowest BCUT2D eigenvalue weighted by Crippen LogP contribution is -2.13. The van der Waals surface area contributed by atoms with E-state index in [2.05, 4.69) is 6.58 Å². The highest BCUT2D eigenvalue weighted by Gasteiger charge is 2.16. The van der Waals surface area contributed by atoms with Crippen LogP contribution in [0, 0.1) is 0 Å². The summed E-state index contributed by atoms with van der Waals surface area (Å²) in [5, 5.41) is 10.0. The molecular formula is C17H20O3. The summed E-state index contributed by atoms with van der Waals surface area (Å²) in [5.74, 6) is 0.557. The zero-order valence-corrected chi connectivity index (χ0v) is 11.7. The number of rotatable bonds is 7.